The van der Waals surface area contributed by atoms with Gasteiger partial charge in [0.25, 0.3) is 0 Å². The van der Waals surface area contributed by atoms with Gasteiger partial charge in [0.05, 0.1) is 6.33 Å². The van der Waals surface area contributed by atoms with Crippen molar-refractivity contribution >= 4 is 11.6 Å². The summed E-state index contributed by atoms with van der Waals surface area (Å²) in [6, 6.07) is 2.11. The molecule has 0 unspecified atom stereocenters. The Labute approximate surface area is 131 Å². The van der Waals surface area contributed by atoms with Crippen LogP contribution in [0, 0.1) is 0 Å². The first-order valence-corrected chi connectivity index (χ1v) is 8.07. The van der Waals surface area contributed by atoms with E-state index < -0.39 is 0 Å². The van der Waals surface area contributed by atoms with E-state index in [1.54, 1.807) is 6.33 Å². The van der Waals surface area contributed by atoms with Crippen molar-refractivity contribution in [1.29, 1.82) is 0 Å². The number of piperidine rings is 1. The largest absolute Gasteiger partial charge is 0.359 e. The summed E-state index contributed by atoms with van der Waals surface area (Å²) >= 11 is 0. The summed E-state index contributed by atoms with van der Waals surface area (Å²) in [7, 11) is 2.09. The highest BCUT2D eigenvalue weighted by Crippen LogP contribution is 2.20. The molecule has 6 heteroatoms. The molecule has 0 aliphatic carbocycles. The van der Waals surface area contributed by atoms with Gasteiger partial charge < -0.3 is 14.4 Å². The van der Waals surface area contributed by atoms with E-state index in [9.17, 15) is 0 Å². The van der Waals surface area contributed by atoms with E-state index >= 15 is 0 Å². The Bertz CT molecular complexity index is 562. The molecule has 0 radical (unpaired) electrons. The lowest BCUT2D eigenvalue weighted by atomic mass is 10.1. The molecule has 1 saturated heterocycles. The minimum atomic E-state index is 0.967. The summed E-state index contributed by atoms with van der Waals surface area (Å²) < 4.78 is 2.10. The summed E-state index contributed by atoms with van der Waals surface area (Å²) in [4.78, 5) is 17.5. The molecule has 3 rings (SSSR count). The normalized spacial score (nSPS) is 15.0. The number of hydrogen-bond donors (Lipinski definition) is 0. The number of rotatable bonds is 6. The number of aryl methyl sites for hydroxylation is 1. The van der Waals surface area contributed by atoms with Crippen molar-refractivity contribution in [2.45, 2.75) is 32.2 Å². The second kappa shape index (κ2) is 7.24. The van der Waals surface area contributed by atoms with E-state index in [2.05, 4.69) is 42.4 Å². The first-order chi connectivity index (χ1) is 10.8. The molecule has 0 N–H and O–H groups in total. The Morgan fingerprint density at radius 1 is 1.18 bits per heavy atom. The van der Waals surface area contributed by atoms with Crippen LogP contribution in [-0.2, 0) is 6.54 Å². The number of anilines is 2. The van der Waals surface area contributed by atoms with Crippen LogP contribution < -0.4 is 9.80 Å². The minimum absolute atomic E-state index is 0.967. The van der Waals surface area contributed by atoms with Crippen molar-refractivity contribution in [2.75, 3.05) is 36.5 Å². The summed E-state index contributed by atoms with van der Waals surface area (Å²) in [5.74, 6) is 2.06. The minimum Gasteiger partial charge on any atom is -0.359 e. The number of imidazole rings is 1. The zero-order valence-corrected chi connectivity index (χ0v) is 13.2. The fourth-order valence-corrected chi connectivity index (χ4v) is 2.87. The van der Waals surface area contributed by atoms with Crippen molar-refractivity contribution < 1.29 is 0 Å². The van der Waals surface area contributed by atoms with Crippen LogP contribution >= 0.6 is 0 Å². The van der Waals surface area contributed by atoms with Gasteiger partial charge in [-0.05, 0) is 25.7 Å². The third-order valence-electron chi connectivity index (χ3n) is 4.18. The molecule has 0 aromatic carbocycles. The Hall–Kier alpha value is -2.11. The lowest BCUT2D eigenvalue weighted by Crippen LogP contribution is -2.30. The first kappa shape index (κ1) is 14.8. The molecule has 1 aliphatic rings. The molecule has 2 aromatic heterocycles. The van der Waals surface area contributed by atoms with E-state index in [4.69, 9.17) is 0 Å². The van der Waals surface area contributed by atoms with Crippen molar-refractivity contribution in [3.05, 3.63) is 31.1 Å². The average molecular weight is 300 g/mol. The molecular weight excluding hydrogens is 276 g/mol. The van der Waals surface area contributed by atoms with Gasteiger partial charge in [0.2, 0.25) is 0 Å². The highest BCUT2D eigenvalue weighted by Gasteiger charge is 2.13. The fourth-order valence-electron chi connectivity index (χ4n) is 2.87. The highest BCUT2D eigenvalue weighted by atomic mass is 15.2. The Morgan fingerprint density at radius 2 is 2.05 bits per heavy atom. The molecule has 0 amide bonds. The van der Waals surface area contributed by atoms with E-state index in [1.807, 2.05) is 18.7 Å². The number of hydrogen-bond acceptors (Lipinski definition) is 5. The standard InChI is InChI=1S/C16H24N6/c1-20(7-5-8-21-11-6-17-14-21)15-12-16(19-13-18-15)22-9-3-2-4-10-22/h6,11-14H,2-5,7-10H2,1H3. The molecule has 0 atom stereocenters. The summed E-state index contributed by atoms with van der Waals surface area (Å²) in [6.07, 6.45) is 12.3. The zero-order valence-electron chi connectivity index (χ0n) is 13.2. The monoisotopic (exact) mass is 300 g/mol. The van der Waals surface area contributed by atoms with Crippen LogP contribution in [0.25, 0.3) is 0 Å². The van der Waals surface area contributed by atoms with E-state index in [0.717, 1.165) is 44.2 Å². The molecule has 0 spiro atoms. The van der Waals surface area contributed by atoms with Crippen LogP contribution in [0.4, 0.5) is 11.6 Å². The molecule has 0 bridgehead atoms. The molecule has 118 valence electrons. The molecule has 2 aromatic rings. The van der Waals surface area contributed by atoms with Crippen molar-refractivity contribution in [3.8, 4) is 0 Å². The predicted molar refractivity (Wildman–Crippen MR) is 88.2 cm³/mol. The lowest BCUT2D eigenvalue weighted by Gasteiger charge is -2.28. The van der Waals surface area contributed by atoms with Gasteiger partial charge >= 0.3 is 0 Å². The topological polar surface area (TPSA) is 50.1 Å². The third-order valence-corrected chi connectivity index (χ3v) is 4.18. The maximum atomic E-state index is 4.44. The maximum absolute atomic E-state index is 4.44. The Kier molecular flexibility index (Phi) is 4.88. The lowest BCUT2D eigenvalue weighted by molar-refractivity contribution is 0.573. The third kappa shape index (κ3) is 3.75. The predicted octanol–water partition coefficient (Wildman–Crippen LogP) is 2.19. The van der Waals surface area contributed by atoms with Gasteiger partial charge in [0.15, 0.2) is 0 Å². The summed E-state index contributed by atoms with van der Waals surface area (Å²) in [5.41, 5.74) is 0. The highest BCUT2D eigenvalue weighted by molar-refractivity contribution is 5.49. The number of nitrogens with zero attached hydrogens (tertiary/aromatic N) is 6. The average Bonchev–Trinajstić information content (AvgIpc) is 3.09. The quantitative estimate of drug-likeness (QED) is 0.818. The smallest absolute Gasteiger partial charge is 0.134 e. The molecule has 1 aliphatic heterocycles. The van der Waals surface area contributed by atoms with E-state index in [0.29, 0.717) is 0 Å². The zero-order chi connectivity index (χ0) is 15.2. The Morgan fingerprint density at radius 3 is 2.82 bits per heavy atom. The fraction of sp³-hybridized carbons (Fsp3) is 0.562. The molecule has 1 fully saturated rings. The van der Waals surface area contributed by atoms with Crippen LogP contribution in [-0.4, -0.2) is 46.2 Å². The van der Waals surface area contributed by atoms with Crippen LogP contribution in [0.5, 0.6) is 0 Å². The van der Waals surface area contributed by atoms with Gasteiger partial charge in [0.1, 0.15) is 18.0 Å². The van der Waals surface area contributed by atoms with Crippen molar-refractivity contribution in [3.63, 3.8) is 0 Å². The van der Waals surface area contributed by atoms with E-state index in [1.165, 1.54) is 19.3 Å². The van der Waals surface area contributed by atoms with Gasteiger partial charge in [-0.25, -0.2) is 15.0 Å². The molecular formula is C16H24N6. The van der Waals surface area contributed by atoms with Gasteiger partial charge in [0, 0.05) is 51.7 Å². The number of aromatic nitrogens is 4. The Balaban J connectivity index is 1.56. The second-order valence-corrected chi connectivity index (χ2v) is 5.86. The molecule has 6 nitrogen and oxygen atoms in total. The van der Waals surface area contributed by atoms with Crippen molar-refractivity contribution in [2.24, 2.45) is 0 Å². The van der Waals surface area contributed by atoms with E-state index in [-0.39, 0.29) is 0 Å². The van der Waals surface area contributed by atoms with Crippen LogP contribution in [0.2, 0.25) is 0 Å². The SMILES string of the molecule is CN(CCCn1ccnc1)c1cc(N2CCCCC2)ncn1. The van der Waals surface area contributed by atoms with Crippen LogP contribution in [0.1, 0.15) is 25.7 Å². The van der Waals surface area contributed by atoms with Gasteiger partial charge in [-0.15, -0.1) is 0 Å². The van der Waals surface area contributed by atoms with Gasteiger partial charge in [-0.2, -0.15) is 0 Å². The summed E-state index contributed by atoms with van der Waals surface area (Å²) in [5, 5.41) is 0. The van der Waals surface area contributed by atoms with Crippen molar-refractivity contribution in [1.82, 2.24) is 19.5 Å². The maximum Gasteiger partial charge on any atom is 0.134 e. The molecule has 3 heterocycles. The van der Waals surface area contributed by atoms with Gasteiger partial charge in [-0.1, -0.05) is 0 Å². The van der Waals surface area contributed by atoms with Crippen LogP contribution in [0.3, 0.4) is 0 Å². The van der Waals surface area contributed by atoms with Gasteiger partial charge in [-0.3, -0.25) is 0 Å². The second-order valence-electron chi connectivity index (χ2n) is 5.86. The van der Waals surface area contributed by atoms with Crippen LogP contribution in [0.15, 0.2) is 31.1 Å². The molecule has 22 heavy (non-hydrogen) atoms. The summed E-state index contributed by atoms with van der Waals surface area (Å²) in [6.45, 7) is 4.17. The molecule has 0 saturated carbocycles. The first-order valence-electron chi connectivity index (χ1n) is 8.07.